The van der Waals surface area contributed by atoms with Crippen molar-refractivity contribution >= 4 is 86.3 Å². The average molecular weight is 1130 g/mol. The maximum Gasteiger partial charge on any atom is 0.0838 e. The lowest BCUT2D eigenvalue weighted by Crippen LogP contribution is -2.36. The largest absolute Gasteiger partial charge is 0.366 e. The second-order valence-electron chi connectivity index (χ2n) is 21.9. The molecule has 1 nitrogen and oxygen atoms in total. The Morgan fingerprint density at radius 3 is 0.654 bits per heavy atom. The quantitative estimate of drug-likeness (QED) is 0.0491. The second kappa shape index (κ2) is 28.4. The molecule has 0 aliphatic heterocycles. The molecule has 0 radical (unpaired) electrons. The summed E-state index contributed by atoms with van der Waals surface area (Å²) in [4.78, 5) is 0. The number of hydrogen-bond donors (Lipinski definition) is 0. The Morgan fingerprint density at radius 1 is 0.296 bits per heavy atom. The van der Waals surface area contributed by atoms with Gasteiger partial charge in [0, 0.05) is 0 Å². The van der Waals surface area contributed by atoms with Crippen molar-refractivity contribution in [1.82, 2.24) is 0 Å². The molecule has 0 aliphatic rings. The highest BCUT2D eigenvalue weighted by Gasteiger charge is 2.41. The summed E-state index contributed by atoms with van der Waals surface area (Å²) < 4.78 is 8.31. The van der Waals surface area contributed by atoms with E-state index in [2.05, 4.69) is 318 Å². The minimum atomic E-state index is -0.779. The minimum absolute atomic E-state index is 0.221. The van der Waals surface area contributed by atoms with Crippen molar-refractivity contribution in [3.05, 3.63) is 327 Å². The molecular formula is C76H74OP4. The van der Waals surface area contributed by atoms with Crippen LogP contribution >= 0.6 is 31.7 Å². The number of benzene rings is 10. The van der Waals surface area contributed by atoms with Crippen molar-refractivity contribution in [2.45, 2.75) is 38.9 Å². The second-order valence-corrected chi connectivity index (χ2v) is 30.7. The molecule has 0 bridgehead atoms. The van der Waals surface area contributed by atoms with Gasteiger partial charge < -0.3 is 4.74 Å². The summed E-state index contributed by atoms with van der Waals surface area (Å²) in [5.41, 5.74) is 4.15. The Hall–Kier alpha value is -6.64. The fraction of sp³-hybridized carbons (Fsp3) is 0.158. The van der Waals surface area contributed by atoms with Crippen molar-refractivity contribution in [3.8, 4) is 0 Å². The molecule has 0 heterocycles. The Bertz CT molecular complexity index is 2890. The van der Waals surface area contributed by atoms with Gasteiger partial charge in [-0.2, -0.15) is 0 Å². The van der Waals surface area contributed by atoms with E-state index in [0.29, 0.717) is 0 Å². The number of rotatable bonds is 26. The lowest BCUT2D eigenvalue weighted by atomic mass is 9.84. The first-order valence-corrected chi connectivity index (χ1v) is 34.5. The van der Waals surface area contributed by atoms with Crippen molar-refractivity contribution in [1.29, 1.82) is 0 Å². The molecule has 2 unspecified atom stereocenters. The van der Waals surface area contributed by atoms with Crippen LogP contribution in [0, 0.1) is 10.8 Å². The first kappa shape index (κ1) is 57.6. The third-order valence-corrected chi connectivity index (χ3v) is 27.2. The van der Waals surface area contributed by atoms with Gasteiger partial charge in [-0.1, -0.05) is 330 Å². The Kier molecular flexibility index (Phi) is 20.2. The lowest BCUT2D eigenvalue weighted by Gasteiger charge is -2.42. The van der Waals surface area contributed by atoms with Crippen LogP contribution in [-0.4, -0.2) is 24.6 Å². The normalized spacial score (nSPS) is 12.6. The Balaban J connectivity index is 1.14. The molecule has 10 rings (SSSR count). The molecule has 10 aromatic rings. The van der Waals surface area contributed by atoms with Gasteiger partial charge in [0.15, 0.2) is 0 Å². The van der Waals surface area contributed by atoms with Crippen LogP contribution in [0.1, 0.15) is 61.2 Å². The number of ether oxygens (including phenoxy) is 1. The van der Waals surface area contributed by atoms with E-state index in [-0.39, 0.29) is 23.0 Å². The van der Waals surface area contributed by atoms with E-state index in [4.69, 9.17) is 4.74 Å². The molecular weight excluding hydrogens is 1050 g/mol. The summed E-state index contributed by atoms with van der Waals surface area (Å²) >= 11 is 0. The number of hydrogen-bond acceptors (Lipinski definition) is 1. The van der Waals surface area contributed by atoms with Crippen LogP contribution in [0.15, 0.2) is 304 Å². The maximum absolute atomic E-state index is 8.31. The zero-order chi connectivity index (χ0) is 55.7. The smallest absolute Gasteiger partial charge is 0.0838 e. The van der Waals surface area contributed by atoms with Crippen LogP contribution < -0.4 is 42.4 Å². The molecule has 5 heteroatoms. The summed E-state index contributed by atoms with van der Waals surface area (Å²) in [5.74, 6) is 0. The Morgan fingerprint density at radius 2 is 0.481 bits per heavy atom. The van der Waals surface area contributed by atoms with E-state index in [1.807, 2.05) is 12.2 Å². The van der Waals surface area contributed by atoms with Crippen molar-refractivity contribution in [2.75, 3.05) is 24.6 Å². The SMILES string of the molecule is C=Cc1ccc(C(CC(C)(CP(c2ccccc2)c2ccccc2)CP(c2ccccc2)c2ccccc2)OC(CC(C)(CP(c2ccccc2)c2ccccc2)CP(c2ccccc2)c2ccccc2)c2ccc(C=C)cc2)cc1. The third-order valence-electron chi connectivity index (χ3n) is 15.5. The summed E-state index contributed by atoms with van der Waals surface area (Å²) in [7, 11) is -3.12. The minimum Gasteiger partial charge on any atom is -0.366 e. The molecule has 0 aromatic heterocycles. The van der Waals surface area contributed by atoms with Gasteiger partial charge in [0.25, 0.3) is 0 Å². The molecule has 0 spiro atoms. The maximum atomic E-state index is 8.31. The summed E-state index contributed by atoms with van der Waals surface area (Å²) in [6.07, 6.45) is 8.99. The van der Waals surface area contributed by atoms with Crippen LogP contribution in [0.3, 0.4) is 0 Å². The van der Waals surface area contributed by atoms with Gasteiger partial charge in [0.05, 0.1) is 12.2 Å². The van der Waals surface area contributed by atoms with Gasteiger partial charge in [-0.15, -0.1) is 0 Å². The molecule has 0 N–H and O–H groups in total. The predicted octanol–water partition coefficient (Wildman–Crippen LogP) is 17.1. The molecule has 0 fully saturated rings. The van der Waals surface area contributed by atoms with Crippen LogP contribution in [0.2, 0.25) is 0 Å². The molecule has 0 saturated heterocycles. The predicted molar refractivity (Wildman–Crippen MR) is 361 cm³/mol. The van der Waals surface area contributed by atoms with Gasteiger partial charge in [-0.25, -0.2) is 0 Å². The van der Waals surface area contributed by atoms with Crippen LogP contribution in [0.25, 0.3) is 12.2 Å². The summed E-state index contributed by atoms with van der Waals surface area (Å²) in [5, 5.41) is 11.2. The Labute approximate surface area is 489 Å². The molecule has 81 heavy (non-hydrogen) atoms. The third kappa shape index (κ3) is 15.5. The zero-order valence-electron chi connectivity index (χ0n) is 46.9. The molecule has 0 saturated carbocycles. The average Bonchev–Trinajstić information content (AvgIpc) is 3.55. The van der Waals surface area contributed by atoms with E-state index in [9.17, 15) is 0 Å². The molecule has 10 aromatic carbocycles. The first-order valence-electron chi connectivity index (χ1n) is 28.4. The standard InChI is InChI=1S/C76H74OP4/c1-5-61-47-51-63(52-48-61)73(55-75(3,57-78(65-31-15-7-16-32-65)66-33-17-8-18-34-66)58-79(67-35-19-9-20-36-67)68-37-21-10-22-38-68)77-74(64-53-49-62(6-2)50-54-64)56-76(4,59-80(69-39-23-11-24-40-69)70-41-25-12-26-42-70)60-81(71-43-27-13-28-44-71)72-45-29-14-30-46-72/h5-54,73-74H,1-2,55-60H2,3-4H3. The van der Waals surface area contributed by atoms with E-state index < -0.39 is 31.7 Å². The molecule has 0 amide bonds. The van der Waals surface area contributed by atoms with E-state index in [0.717, 1.165) is 48.6 Å². The van der Waals surface area contributed by atoms with E-state index >= 15 is 0 Å². The van der Waals surface area contributed by atoms with Gasteiger partial charge in [0.2, 0.25) is 0 Å². The van der Waals surface area contributed by atoms with Crippen molar-refractivity contribution < 1.29 is 4.74 Å². The first-order chi connectivity index (χ1) is 39.7. The van der Waals surface area contributed by atoms with Crippen molar-refractivity contribution in [3.63, 3.8) is 0 Å². The molecule has 0 aliphatic carbocycles. The fourth-order valence-corrected chi connectivity index (χ4v) is 22.6. The van der Waals surface area contributed by atoms with Crippen LogP contribution in [-0.2, 0) is 4.74 Å². The van der Waals surface area contributed by atoms with Gasteiger partial charge in [-0.05, 0) is 145 Å². The zero-order valence-corrected chi connectivity index (χ0v) is 50.5. The van der Waals surface area contributed by atoms with E-state index in [1.54, 1.807) is 0 Å². The van der Waals surface area contributed by atoms with Gasteiger partial charge in [-0.3, -0.25) is 0 Å². The summed E-state index contributed by atoms with van der Waals surface area (Å²) in [6, 6.07) is 109. The topological polar surface area (TPSA) is 9.23 Å². The highest BCUT2D eigenvalue weighted by molar-refractivity contribution is 7.74. The molecule has 2 atom stereocenters. The highest BCUT2D eigenvalue weighted by Crippen LogP contribution is 2.55. The monoisotopic (exact) mass is 1130 g/mol. The lowest BCUT2D eigenvalue weighted by molar-refractivity contribution is -0.0497. The van der Waals surface area contributed by atoms with Crippen LogP contribution in [0.4, 0.5) is 0 Å². The summed E-state index contributed by atoms with van der Waals surface area (Å²) in [6.45, 7) is 13.6. The van der Waals surface area contributed by atoms with E-state index in [1.165, 1.54) is 53.6 Å². The fourth-order valence-electron chi connectivity index (χ4n) is 11.4. The van der Waals surface area contributed by atoms with Gasteiger partial charge >= 0.3 is 0 Å². The molecule has 404 valence electrons. The highest BCUT2D eigenvalue weighted by atomic mass is 31.1. The van der Waals surface area contributed by atoms with Crippen molar-refractivity contribution in [2.24, 2.45) is 10.8 Å². The van der Waals surface area contributed by atoms with Crippen LogP contribution in [0.5, 0.6) is 0 Å². The van der Waals surface area contributed by atoms with Gasteiger partial charge in [0.1, 0.15) is 0 Å².